The average Bonchev–Trinajstić information content (AvgIpc) is 3.17. The smallest absolute Gasteiger partial charge is 0.269 e. The Bertz CT molecular complexity index is 768. The fraction of sp³-hybridized carbons (Fsp3) is 0.211. The molecule has 6 nitrogen and oxygen atoms in total. The van der Waals surface area contributed by atoms with Crippen molar-refractivity contribution in [2.75, 3.05) is 5.32 Å². The number of anilines is 1. The van der Waals surface area contributed by atoms with Gasteiger partial charge in [-0.25, -0.2) is 0 Å². The summed E-state index contributed by atoms with van der Waals surface area (Å²) >= 11 is 1.51. The second-order valence-electron chi connectivity index (χ2n) is 5.52. The molecule has 0 unspecified atom stereocenters. The third-order valence-electron chi connectivity index (χ3n) is 3.43. The zero-order valence-corrected chi connectivity index (χ0v) is 15.3. The standard InChI is InChI=1S/C19H21N3O3S/c1-2-3-6-17(23)20-15-9-7-14(8-10-15)19(25)22-21-18(24)12-11-16-5-4-13-26-16/h4-5,7-13H,2-3,6H2,1H3,(H,20,23)(H,21,24)(H,22,25)/b12-11+. The van der Waals surface area contributed by atoms with Gasteiger partial charge in [0.1, 0.15) is 0 Å². The van der Waals surface area contributed by atoms with Gasteiger partial charge >= 0.3 is 0 Å². The zero-order valence-electron chi connectivity index (χ0n) is 14.5. The highest BCUT2D eigenvalue weighted by Gasteiger charge is 2.07. The molecular formula is C19H21N3O3S. The predicted octanol–water partition coefficient (Wildman–Crippen LogP) is 3.35. The van der Waals surface area contributed by atoms with Gasteiger partial charge in [0, 0.05) is 28.6 Å². The lowest BCUT2D eigenvalue weighted by Crippen LogP contribution is -2.40. The van der Waals surface area contributed by atoms with E-state index in [1.807, 2.05) is 24.4 Å². The summed E-state index contributed by atoms with van der Waals surface area (Å²) in [7, 11) is 0. The summed E-state index contributed by atoms with van der Waals surface area (Å²) in [5.74, 6) is -0.910. The zero-order chi connectivity index (χ0) is 18.8. The number of hydrogen-bond acceptors (Lipinski definition) is 4. The summed E-state index contributed by atoms with van der Waals surface area (Å²) in [6.45, 7) is 2.03. The summed E-state index contributed by atoms with van der Waals surface area (Å²) in [6, 6.07) is 10.2. The van der Waals surface area contributed by atoms with Crippen molar-refractivity contribution in [1.82, 2.24) is 10.9 Å². The van der Waals surface area contributed by atoms with Crippen molar-refractivity contribution in [3.63, 3.8) is 0 Å². The van der Waals surface area contributed by atoms with Gasteiger partial charge in [0.05, 0.1) is 0 Å². The molecule has 136 valence electrons. The molecule has 0 fully saturated rings. The molecule has 0 saturated carbocycles. The molecule has 1 heterocycles. The van der Waals surface area contributed by atoms with Crippen LogP contribution < -0.4 is 16.2 Å². The van der Waals surface area contributed by atoms with Crippen LogP contribution in [0.15, 0.2) is 47.9 Å². The molecule has 0 bridgehead atoms. The maximum Gasteiger partial charge on any atom is 0.269 e. The van der Waals surface area contributed by atoms with Gasteiger partial charge < -0.3 is 5.32 Å². The lowest BCUT2D eigenvalue weighted by atomic mass is 10.2. The number of rotatable bonds is 7. The molecule has 1 aromatic carbocycles. The van der Waals surface area contributed by atoms with Gasteiger partial charge in [0.2, 0.25) is 5.91 Å². The highest BCUT2D eigenvalue weighted by Crippen LogP contribution is 2.11. The molecule has 0 spiro atoms. The van der Waals surface area contributed by atoms with Crippen LogP contribution in [0.4, 0.5) is 5.69 Å². The topological polar surface area (TPSA) is 87.3 Å². The number of hydrazine groups is 1. The van der Waals surface area contributed by atoms with E-state index in [0.29, 0.717) is 17.7 Å². The van der Waals surface area contributed by atoms with Crippen molar-refractivity contribution in [1.29, 1.82) is 0 Å². The van der Waals surface area contributed by atoms with Crippen molar-refractivity contribution in [3.05, 3.63) is 58.3 Å². The number of carbonyl (C=O) groups excluding carboxylic acids is 3. The number of hydrogen-bond donors (Lipinski definition) is 3. The summed E-state index contributed by atoms with van der Waals surface area (Å²) in [6.07, 6.45) is 5.29. The van der Waals surface area contributed by atoms with Crippen LogP contribution in [0.3, 0.4) is 0 Å². The van der Waals surface area contributed by atoms with Crippen LogP contribution in [-0.2, 0) is 9.59 Å². The van der Waals surface area contributed by atoms with E-state index in [0.717, 1.165) is 17.7 Å². The average molecular weight is 371 g/mol. The van der Waals surface area contributed by atoms with Crippen molar-refractivity contribution < 1.29 is 14.4 Å². The Labute approximate surface area is 156 Å². The first kappa shape index (κ1) is 19.4. The van der Waals surface area contributed by atoms with E-state index in [9.17, 15) is 14.4 Å². The Balaban J connectivity index is 1.80. The lowest BCUT2D eigenvalue weighted by Gasteiger charge is -2.07. The Morgan fingerprint density at radius 1 is 1.08 bits per heavy atom. The van der Waals surface area contributed by atoms with Crippen LogP contribution in [0.25, 0.3) is 6.08 Å². The molecule has 0 aliphatic heterocycles. The first-order valence-corrected chi connectivity index (χ1v) is 9.18. The van der Waals surface area contributed by atoms with Crippen LogP contribution >= 0.6 is 11.3 Å². The Morgan fingerprint density at radius 3 is 2.50 bits per heavy atom. The van der Waals surface area contributed by atoms with Gasteiger partial charge in [-0.05, 0) is 48.2 Å². The monoisotopic (exact) mass is 371 g/mol. The van der Waals surface area contributed by atoms with Crippen LogP contribution in [0.5, 0.6) is 0 Å². The third-order valence-corrected chi connectivity index (χ3v) is 4.27. The van der Waals surface area contributed by atoms with Crippen molar-refractivity contribution in [2.45, 2.75) is 26.2 Å². The molecule has 1 aromatic heterocycles. The Hall–Kier alpha value is -2.93. The second-order valence-corrected chi connectivity index (χ2v) is 6.50. The minimum Gasteiger partial charge on any atom is -0.326 e. The summed E-state index contributed by atoms with van der Waals surface area (Å²) < 4.78 is 0. The minimum absolute atomic E-state index is 0.0474. The van der Waals surface area contributed by atoms with Crippen molar-refractivity contribution >= 4 is 40.8 Å². The molecule has 3 amide bonds. The Morgan fingerprint density at radius 2 is 1.85 bits per heavy atom. The number of benzene rings is 1. The molecule has 0 aliphatic carbocycles. The molecule has 2 rings (SSSR count). The van der Waals surface area contributed by atoms with Crippen LogP contribution in [0.1, 0.15) is 41.4 Å². The minimum atomic E-state index is -0.438. The number of thiophene rings is 1. The number of amides is 3. The first-order chi connectivity index (χ1) is 12.6. The van der Waals surface area contributed by atoms with Gasteiger partial charge in [0.15, 0.2) is 0 Å². The van der Waals surface area contributed by atoms with E-state index in [2.05, 4.69) is 16.2 Å². The summed E-state index contributed by atoms with van der Waals surface area (Å²) in [5.41, 5.74) is 5.67. The van der Waals surface area contributed by atoms with E-state index in [-0.39, 0.29) is 5.91 Å². The predicted molar refractivity (Wildman–Crippen MR) is 104 cm³/mol. The van der Waals surface area contributed by atoms with Gasteiger partial charge in [-0.3, -0.25) is 25.2 Å². The fourth-order valence-corrected chi connectivity index (χ4v) is 2.66. The molecular weight excluding hydrogens is 350 g/mol. The molecule has 0 atom stereocenters. The number of unbranched alkanes of at least 4 members (excludes halogenated alkanes) is 1. The summed E-state index contributed by atoms with van der Waals surface area (Å²) in [5, 5.41) is 4.69. The maximum atomic E-state index is 12.0. The normalized spacial score (nSPS) is 10.5. The molecule has 0 saturated heterocycles. The molecule has 2 aromatic rings. The Kier molecular flexibility index (Phi) is 7.57. The highest BCUT2D eigenvalue weighted by atomic mass is 32.1. The molecule has 0 radical (unpaired) electrons. The molecule has 7 heteroatoms. The van der Waals surface area contributed by atoms with Crippen LogP contribution in [0, 0.1) is 0 Å². The third kappa shape index (κ3) is 6.52. The van der Waals surface area contributed by atoms with Crippen LogP contribution in [0.2, 0.25) is 0 Å². The van der Waals surface area contributed by atoms with E-state index < -0.39 is 11.8 Å². The lowest BCUT2D eigenvalue weighted by molar-refractivity contribution is -0.117. The highest BCUT2D eigenvalue weighted by molar-refractivity contribution is 7.10. The van der Waals surface area contributed by atoms with Crippen molar-refractivity contribution in [2.24, 2.45) is 0 Å². The van der Waals surface area contributed by atoms with Gasteiger partial charge in [0.25, 0.3) is 11.8 Å². The largest absolute Gasteiger partial charge is 0.326 e. The number of carbonyl (C=O) groups is 3. The first-order valence-electron chi connectivity index (χ1n) is 8.30. The molecule has 26 heavy (non-hydrogen) atoms. The molecule has 3 N–H and O–H groups in total. The number of nitrogens with one attached hydrogen (secondary N) is 3. The van der Waals surface area contributed by atoms with Gasteiger partial charge in [-0.1, -0.05) is 19.4 Å². The second kappa shape index (κ2) is 10.1. The van der Waals surface area contributed by atoms with Gasteiger partial charge in [-0.2, -0.15) is 0 Å². The quantitative estimate of drug-likeness (QED) is 0.515. The van der Waals surface area contributed by atoms with E-state index in [1.165, 1.54) is 17.4 Å². The van der Waals surface area contributed by atoms with Crippen molar-refractivity contribution in [3.8, 4) is 0 Å². The van der Waals surface area contributed by atoms with E-state index in [4.69, 9.17) is 0 Å². The van der Waals surface area contributed by atoms with Crippen LogP contribution in [-0.4, -0.2) is 17.7 Å². The summed E-state index contributed by atoms with van der Waals surface area (Å²) in [4.78, 5) is 36.3. The van der Waals surface area contributed by atoms with E-state index >= 15 is 0 Å². The SMILES string of the molecule is CCCCC(=O)Nc1ccc(C(=O)NNC(=O)/C=C/c2cccs2)cc1. The van der Waals surface area contributed by atoms with E-state index in [1.54, 1.807) is 30.3 Å². The van der Waals surface area contributed by atoms with Gasteiger partial charge in [-0.15, -0.1) is 11.3 Å². The maximum absolute atomic E-state index is 12.0. The fourth-order valence-electron chi connectivity index (χ4n) is 2.04. The molecule has 0 aliphatic rings.